The van der Waals surface area contributed by atoms with Gasteiger partial charge in [0.1, 0.15) is 0 Å². The van der Waals surface area contributed by atoms with Crippen molar-refractivity contribution < 1.29 is 4.74 Å². The SMILES string of the molecule is COc1ccc(CNCC2CC=CCC2)cn1. The Labute approximate surface area is 103 Å². The molecule has 1 atom stereocenters. The van der Waals surface area contributed by atoms with E-state index in [-0.39, 0.29) is 0 Å². The van der Waals surface area contributed by atoms with Gasteiger partial charge in [0, 0.05) is 18.8 Å². The van der Waals surface area contributed by atoms with Gasteiger partial charge in [-0.05, 0) is 37.3 Å². The van der Waals surface area contributed by atoms with Gasteiger partial charge in [0.2, 0.25) is 5.88 Å². The van der Waals surface area contributed by atoms with Crippen molar-refractivity contribution in [3.63, 3.8) is 0 Å². The van der Waals surface area contributed by atoms with Crippen LogP contribution < -0.4 is 10.1 Å². The summed E-state index contributed by atoms with van der Waals surface area (Å²) in [5.41, 5.74) is 1.21. The van der Waals surface area contributed by atoms with Gasteiger partial charge in [0.05, 0.1) is 7.11 Å². The first kappa shape index (κ1) is 12.1. The van der Waals surface area contributed by atoms with Crippen molar-refractivity contribution in [3.05, 3.63) is 36.0 Å². The smallest absolute Gasteiger partial charge is 0.212 e. The third kappa shape index (κ3) is 3.86. The van der Waals surface area contributed by atoms with Crippen LogP contribution in [0, 0.1) is 5.92 Å². The third-order valence-electron chi connectivity index (χ3n) is 3.15. The molecule has 92 valence electrons. The molecule has 0 bridgehead atoms. The second-order valence-electron chi connectivity index (χ2n) is 4.49. The first-order chi connectivity index (χ1) is 8.38. The van der Waals surface area contributed by atoms with E-state index < -0.39 is 0 Å². The highest BCUT2D eigenvalue weighted by molar-refractivity contribution is 5.17. The number of nitrogens with zero attached hydrogens (tertiary/aromatic N) is 1. The highest BCUT2D eigenvalue weighted by Gasteiger charge is 2.08. The van der Waals surface area contributed by atoms with Crippen LogP contribution in [0.15, 0.2) is 30.5 Å². The fourth-order valence-electron chi connectivity index (χ4n) is 2.10. The number of allylic oxidation sites excluding steroid dienone is 2. The zero-order valence-corrected chi connectivity index (χ0v) is 10.4. The molecule has 17 heavy (non-hydrogen) atoms. The van der Waals surface area contributed by atoms with Crippen molar-refractivity contribution in [2.75, 3.05) is 13.7 Å². The van der Waals surface area contributed by atoms with E-state index in [0.717, 1.165) is 19.0 Å². The monoisotopic (exact) mass is 232 g/mol. The van der Waals surface area contributed by atoms with Gasteiger partial charge in [-0.3, -0.25) is 0 Å². The summed E-state index contributed by atoms with van der Waals surface area (Å²) in [6.07, 6.45) is 10.2. The second-order valence-corrected chi connectivity index (χ2v) is 4.49. The molecule has 3 heteroatoms. The molecule has 3 nitrogen and oxygen atoms in total. The highest BCUT2D eigenvalue weighted by Crippen LogP contribution is 2.17. The van der Waals surface area contributed by atoms with Crippen LogP contribution in [0.25, 0.3) is 0 Å². The summed E-state index contributed by atoms with van der Waals surface area (Å²) >= 11 is 0. The van der Waals surface area contributed by atoms with Gasteiger partial charge in [-0.2, -0.15) is 0 Å². The molecule has 0 amide bonds. The zero-order chi connectivity index (χ0) is 11.9. The van der Waals surface area contributed by atoms with Gasteiger partial charge >= 0.3 is 0 Å². The Hall–Kier alpha value is -1.35. The van der Waals surface area contributed by atoms with Crippen LogP contribution in [0.1, 0.15) is 24.8 Å². The van der Waals surface area contributed by atoms with E-state index in [1.165, 1.54) is 24.8 Å². The van der Waals surface area contributed by atoms with Crippen LogP contribution in [0.5, 0.6) is 5.88 Å². The lowest BCUT2D eigenvalue weighted by Crippen LogP contribution is -2.23. The first-order valence-electron chi connectivity index (χ1n) is 6.23. The molecule has 0 fully saturated rings. The van der Waals surface area contributed by atoms with Crippen molar-refractivity contribution in [1.82, 2.24) is 10.3 Å². The molecule has 1 unspecified atom stereocenters. The summed E-state index contributed by atoms with van der Waals surface area (Å²) in [4.78, 5) is 4.19. The molecule has 0 aromatic carbocycles. The van der Waals surface area contributed by atoms with Gasteiger partial charge in [-0.25, -0.2) is 4.98 Å². The maximum atomic E-state index is 5.03. The average Bonchev–Trinajstić information content (AvgIpc) is 2.41. The highest BCUT2D eigenvalue weighted by atomic mass is 16.5. The molecule has 0 aliphatic heterocycles. The molecule has 0 saturated carbocycles. The van der Waals surface area contributed by atoms with Crippen molar-refractivity contribution >= 4 is 0 Å². The Kier molecular flexibility index (Phi) is 4.56. The summed E-state index contributed by atoms with van der Waals surface area (Å²) in [5, 5.41) is 3.49. The lowest BCUT2D eigenvalue weighted by molar-refractivity contribution is 0.397. The van der Waals surface area contributed by atoms with Crippen LogP contribution in [0.4, 0.5) is 0 Å². The normalized spacial score (nSPS) is 19.2. The quantitative estimate of drug-likeness (QED) is 0.792. The van der Waals surface area contributed by atoms with Crippen LogP contribution in [0.2, 0.25) is 0 Å². The molecule has 0 saturated heterocycles. The predicted octanol–water partition coefficient (Wildman–Crippen LogP) is 2.54. The molecule has 0 radical (unpaired) electrons. The Morgan fingerprint density at radius 2 is 2.35 bits per heavy atom. The molecule has 2 rings (SSSR count). The molecule has 0 spiro atoms. The van der Waals surface area contributed by atoms with E-state index in [2.05, 4.69) is 28.5 Å². The average molecular weight is 232 g/mol. The lowest BCUT2D eigenvalue weighted by Gasteiger charge is -2.18. The Bertz CT molecular complexity index is 359. The summed E-state index contributed by atoms with van der Waals surface area (Å²) in [6, 6.07) is 3.96. The second kappa shape index (κ2) is 6.40. The van der Waals surface area contributed by atoms with E-state index in [4.69, 9.17) is 4.74 Å². The molecule has 1 heterocycles. The van der Waals surface area contributed by atoms with Crippen molar-refractivity contribution in [3.8, 4) is 5.88 Å². The molecule has 1 aromatic heterocycles. The fourth-order valence-corrected chi connectivity index (χ4v) is 2.10. The lowest BCUT2D eigenvalue weighted by atomic mass is 9.94. The number of ether oxygens (including phenoxy) is 1. The zero-order valence-electron chi connectivity index (χ0n) is 10.4. The van der Waals surface area contributed by atoms with Crippen LogP contribution in [0.3, 0.4) is 0 Å². The van der Waals surface area contributed by atoms with E-state index in [1.807, 2.05) is 12.3 Å². The Morgan fingerprint density at radius 3 is 3.00 bits per heavy atom. The minimum absolute atomic E-state index is 0.672. The summed E-state index contributed by atoms with van der Waals surface area (Å²) in [6.45, 7) is 1.98. The van der Waals surface area contributed by atoms with Crippen molar-refractivity contribution in [2.24, 2.45) is 5.92 Å². The number of hydrogen-bond acceptors (Lipinski definition) is 3. The van der Waals surface area contributed by atoms with Crippen LogP contribution >= 0.6 is 0 Å². The maximum Gasteiger partial charge on any atom is 0.212 e. The Balaban J connectivity index is 1.72. The fraction of sp³-hybridized carbons (Fsp3) is 0.500. The standard InChI is InChI=1S/C14H20N2O/c1-17-14-8-7-13(11-16-14)10-15-9-12-5-3-2-4-6-12/h2-3,7-8,11-12,15H,4-6,9-10H2,1H3. The van der Waals surface area contributed by atoms with Crippen molar-refractivity contribution in [1.29, 1.82) is 0 Å². The van der Waals surface area contributed by atoms with Gasteiger partial charge in [0.15, 0.2) is 0 Å². The topological polar surface area (TPSA) is 34.1 Å². The van der Waals surface area contributed by atoms with E-state index in [0.29, 0.717) is 5.88 Å². The summed E-state index contributed by atoms with van der Waals surface area (Å²) < 4.78 is 5.03. The minimum Gasteiger partial charge on any atom is -0.481 e. The largest absolute Gasteiger partial charge is 0.481 e. The Morgan fingerprint density at radius 1 is 1.41 bits per heavy atom. The first-order valence-corrected chi connectivity index (χ1v) is 6.23. The number of hydrogen-bond donors (Lipinski definition) is 1. The van der Waals surface area contributed by atoms with E-state index in [1.54, 1.807) is 7.11 Å². The number of aromatic nitrogens is 1. The van der Waals surface area contributed by atoms with Gasteiger partial charge in [-0.15, -0.1) is 0 Å². The van der Waals surface area contributed by atoms with Crippen LogP contribution in [-0.2, 0) is 6.54 Å². The van der Waals surface area contributed by atoms with Crippen LogP contribution in [-0.4, -0.2) is 18.6 Å². The number of nitrogens with one attached hydrogen (secondary N) is 1. The van der Waals surface area contributed by atoms with Gasteiger partial charge in [-0.1, -0.05) is 18.2 Å². The molecule has 1 aliphatic rings. The molecule has 1 aliphatic carbocycles. The number of rotatable bonds is 5. The molecule has 1 N–H and O–H groups in total. The summed E-state index contributed by atoms with van der Waals surface area (Å²) in [7, 11) is 1.64. The molecule has 1 aromatic rings. The number of pyridine rings is 1. The minimum atomic E-state index is 0.672. The maximum absolute atomic E-state index is 5.03. The van der Waals surface area contributed by atoms with E-state index >= 15 is 0 Å². The molecular weight excluding hydrogens is 212 g/mol. The van der Waals surface area contributed by atoms with Gasteiger partial charge in [0.25, 0.3) is 0 Å². The third-order valence-corrected chi connectivity index (χ3v) is 3.15. The predicted molar refractivity (Wildman–Crippen MR) is 69.0 cm³/mol. The molecular formula is C14H20N2O. The summed E-state index contributed by atoms with van der Waals surface area (Å²) in [5.74, 6) is 1.47. The van der Waals surface area contributed by atoms with Gasteiger partial charge < -0.3 is 10.1 Å². The van der Waals surface area contributed by atoms with E-state index in [9.17, 15) is 0 Å². The van der Waals surface area contributed by atoms with Crippen molar-refractivity contribution in [2.45, 2.75) is 25.8 Å². The number of methoxy groups -OCH3 is 1.